The van der Waals surface area contributed by atoms with Crippen LogP contribution in [-0.4, -0.2) is 62.2 Å². The van der Waals surface area contributed by atoms with Gasteiger partial charge in [0.05, 0.1) is 5.69 Å². The highest BCUT2D eigenvalue weighted by Crippen LogP contribution is 2.25. The highest BCUT2D eigenvalue weighted by molar-refractivity contribution is 6.34. The molecule has 0 aliphatic heterocycles. The number of hydrogen-bond acceptors (Lipinski definition) is 7. The summed E-state index contributed by atoms with van der Waals surface area (Å²) in [6, 6.07) is 13.7. The molecule has 0 saturated carbocycles. The third kappa shape index (κ3) is 5.93. The van der Waals surface area contributed by atoms with Crippen LogP contribution < -0.4 is 20.8 Å². The van der Waals surface area contributed by atoms with Gasteiger partial charge in [-0.15, -0.1) is 0 Å². The van der Waals surface area contributed by atoms with Crippen molar-refractivity contribution < 1.29 is 22.6 Å². The Morgan fingerprint density at radius 3 is 2.49 bits per heavy atom. The molecule has 0 aliphatic rings. The minimum absolute atomic E-state index is 0.0107. The zero-order valence-corrected chi connectivity index (χ0v) is 19.4. The van der Waals surface area contributed by atoms with Gasteiger partial charge in [0.25, 0.3) is 5.56 Å². The second-order valence-corrected chi connectivity index (χ2v) is 7.80. The van der Waals surface area contributed by atoms with Gasteiger partial charge in [-0.3, -0.25) is 14.4 Å². The summed E-state index contributed by atoms with van der Waals surface area (Å²) in [6.45, 7) is -1.54. The lowest BCUT2D eigenvalue weighted by Gasteiger charge is -2.15. The number of anilines is 1. The van der Waals surface area contributed by atoms with Crippen molar-refractivity contribution in [2.45, 2.75) is 12.1 Å². The van der Waals surface area contributed by atoms with Crippen molar-refractivity contribution in [1.29, 1.82) is 0 Å². The maximum absolute atomic E-state index is 13.7. The van der Waals surface area contributed by atoms with Gasteiger partial charge in [-0.1, -0.05) is 6.07 Å². The molecule has 2 N–H and O–H groups in total. The Morgan fingerprint density at radius 1 is 1.11 bits per heavy atom. The zero-order chi connectivity index (χ0) is 26.7. The van der Waals surface area contributed by atoms with E-state index in [1.165, 1.54) is 28.8 Å². The van der Waals surface area contributed by atoms with Crippen LogP contribution in [0.1, 0.15) is 5.56 Å². The molecule has 0 atom stereocenters. The fraction of sp³-hybridized carbons (Fsp3) is 0.167. The Hall–Kier alpha value is -4.28. The summed E-state index contributed by atoms with van der Waals surface area (Å²) < 4.78 is 49.3. The molecule has 0 amide bonds. The van der Waals surface area contributed by atoms with E-state index in [2.05, 4.69) is 15.0 Å². The lowest BCUT2D eigenvalue weighted by Crippen LogP contribution is -2.24. The Kier molecular flexibility index (Phi) is 7.23. The first-order valence-corrected chi connectivity index (χ1v) is 10.8. The number of hydrogen-bond donors (Lipinski definition) is 1. The van der Waals surface area contributed by atoms with E-state index in [1.807, 2.05) is 0 Å². The second-order valence-electron chi connectivity index (χ2n) is 7.80. The van der Waals surface area contributed by atoms with Crippen molar-refractivity contribution in [2.75, 3.05) is 19.4 Å². The van der Waals surface area contributed by atoms with Crippen LogP contribution in [0, 0.1) is 0 Å². The lowest BCUT2D eigenvalue weighted by atomic mass is 9.82. The number of aromatic nitrogens is 3. The number of fused-ring (bicyclic) bond motifs is 1. The van der Waals surface area contributed by atoms with Crippen molar-refractivity contribution in [2.24, 2.45) is 4.99 Å². The van der Waals surface area contributed by atoms with Crippen LogP contribution >= 0.6 is 0 Å². The summed E-state index contributed by atoms with van der Waals surface area (Å²) in [5.41, 5.74) is 7.54. The number of benzene rings is 2. The predicted molar refractivity (Wildman–Crippen MR) is 136 cm³/mol. The van der Waals surface area contributed by atoms with E-state index in [4.69, 9.17) is 30.9 Å². The van der Waals surface area contributed by atoms with E-state index in [0.717, 1.165) is 0 Å². The summed E-state index contributed by atoms with van der Waals surface area (Å²) in [7, 11) is 12.5. The van der Waals surface area contributed by atoms with Crippen LogP contribution in [0.5, 0.6) is 11.6 Å². The average molecular weight is 503 g/mol. The maximum Gasteiger partial charge on any atom is 0.422 e. The van der Waals surface area contributed by atoms with Crippen LogP contribution in [0.2, 0.25) is 0 Å². The first-order valence-electron chi connectivity index (χ1n) is 10.8. The van der Waals surface area contributed by atoms with Crippen molar-refractivity contribution in [3.8, 4) is 28.6 Å². The highest BCUT2D eigenvalue weighted by atomic mass is 19.4. The van der Waals surface area contributed by atoms with E-state index in [9.17, 15) is 18.0 Å². The standard InChI is InChI=1S/C24H18B2F3N5O3/c1-31-11-14-10-13(2-7-17(14)30)20-22(35)34(15-3-5-16(6-4-15)37-23(25)26)21-18(32-20)8-9-19(33-21)36-12-24(27,28)29/h2-11,23H,12,30H2,1H3. The minimum Gasteiger partial charge on any atom is -0.510 e. The molecule has 2 aromatic heterocycles. The second kappa shape index (κ2) is 10.4. The number of rotatable bonds is 7. The molecule has 37 heavy (non-hydrogen) atoms. The number of nitrogens with two attached hydrogens (primary N) is 1. The molecule has 0 saturated heterocycles. The Labute approximate surface area is 211 Å². The molecule has 4 rings (SSSR count). The number of ether oxygens (including phenoxy) is 2. The molecule has 2 aromatic carbocycles. The average Bonchev–Trinajstić information content (AvgIpc) is 2.84. The normalized spacial score (nSPS) is 11.9. The van der Waals surface area contributed by atoms with Gasteiger partial charge in [0.2, 0.25) is 5.88 Å². The topological polar surface area (TPSA) is 105 Å². The van der Waals surface area contributed by atoms with E-state index in [0.29, 0.717) is 28.3 Å². The molecule has 0 spiro atoms. The minimum atomic E-state index is -4.56. The molecule has 0 aliphatic carbocycles. The van der Waals surface area contributed by atoms with Gasteiger partial charge in [0, 0.05) is 42.0 Å². The van der Waals surface area contributed by atoms with Gasteiger partial charge < -0.3 is 15.2 Å². The van der Waals surface area contributed by atoms with Crippen LogP contribution in [0.15, 0.2) is 64.4 Å². The molecule has 184 valence electrons. The van der Waals surface area contributed by atoms with Crippen molar-refractivity contribution >= 4 is 38.8 Å². The quantitative estimate of drug-likeness (QED) is 0.236. The number of pyridine rings is 1. The Morgan fingerprint density at radius 2 is 1.84 bits per heavy atom. The van der Waals surface area contributed by atoms with Crippen molar-refractivity contribution in [3.63, 3.8) is 0 Å². The fourth-order valence-electron chi connectivity index (χ4n) is 3.51. The van der Waals surface area contributed by atoms with Crippen LogP contribution in [0.4, 0.5) is 18.9 Å². The molecular weight excluding hydrogens is 485 g/mol. The third-order valence-electron chi connectivity index (χ3n) is 5.06. The van der Waals surface area contributed by atoms with Crippen LogP contribution in [0.3, 0.4) is 0 Å². The van der Waals surface area contributed by atoms with Gasteiger partial charge in [-0.05, 0) is 42.5 Å². The van der Waals surface area contributed by atoms with Gasteiger partial charge in [0.15, 0.2) is 12.3 Å². The van der Waals surface area contributed by atoms with E-state index >= 15 is 0 Å². The van der Waals surface area contributed by atoms with E-state index in [1.54, 1.807) is 43.6 Å². The number of halogens is 3. The lowest BCUT2D eigenvalue weighted by molar-refractivity contribution is -0.154. The fourth-order valence-corrected chi connectivity index (χ4v) is 3.51. The monoisotopic (exact) mass is 503 g/mol. The van der Waals surface area contributed by atoms with Gasteiger partial charge in [-0.25, -0.2) is 4.98 Å². The summed E-state index contributed by atoms with van der Waals surface area (Å²) >= 11 is 0. The first-order chi connectivity index (χ1) is 17.6. The smallest absolute Gasteiger partial charge is 0.422 e. The van der Waals surface area contributed by atoms with E-state index in [-0.39, 0.29) is 22.7 Å². The number of aliphatic imine (C=N–C) groups is 1. The largest absolute Gasteiger partial charge is 0.510 e. The summed E-state index contributed by atoms with van der Waals surface area (Å²) in [4.78, 5) is 26.3. The molecular formula is C24H18B2F3N5O3. The summed E-state index contributed by atoms with van der Waals surface area (Å²) in [5, 5.41) is 0. The molecule has 4 aromatic rings. The molecule has 2 heterocycles. The highest BCUT2D eigenvalue weighted by Gasteiger charge is 2.29. The molecule has 0 bridgehead atoms. The van der Waals surface area contributed by atoms with E-state index < -0.39 is 24.2 Å². The Bertz CT molecular complexity index is 1520. The first kappa shape index (κ1) is 25.8. The van der Waals surface area contributed by atoms with Gasteiger partial charge >= 0.3 is 6.18 Å². The van der Waals surface area contributed by atoms with Crippen LogP contribution in [-0.2, 0) is 0 Å². The maximum atomic E-state index is 13.7. The molecule has 0 fully saturated rings. The van der Waals surface area contributed by atoms with Gasteiger partial charge in [0.1, 0.15) is 32.7 Å². The summed E-state index contributed by atoms with van der Waals surface area (Å²) in [6.07, 6.45) is -3.02. The zero-order valence-electron chi connectivity index (χ0n) is 19.4. The van der Waals surface area contributed by atoms with Gasteiger partial charge in [-0.2, -0.15) is 18.2 Å². The number of nitrogens with zero attached hydrogens (tertiary/aromatic N) is 4. The SMILES string of the molecule is [B]C([B])Oc1ccc(-n2c(=O)c(-c3ccc(N)c(C=NC)c3)nc3ccc(OCC(F)(F)F)nc32)cc1. The molecule has 8 nitrogen and oxygen atoms in total. The van der Waals surface area contributed by atoms with Crippen molar-refractivity contribution in [1.82, 2.24) is 14.5 Å². The number of alkyl halides is 3. The molecule has 13 heteroatoms. The number of nitrogen functional groups attached to an aromatic ring is 1. The van der Waals surface area contributed by atoms with Crippen molar-refractivity contribution in [3.05, 3.63) is 70.5 Å². The third-order valence-corrected chi connectivity index (χ3v) is 5.06. The van der Waals surface area contributed by atoms with Crippen LogP contribution in [0.25, 0.3) is 28.1 Å². The Balaban J connectivity index is 1.93. The molecule has 4 radical (unpaired) electrons. The molecule has 0 unspecified atom stereocenters. The summed E-state index contributed by atoms with van der Waals surface area (Å²) in [5.74, 6) is -1.03. The predicted octanol–water partition coefficient (Wildman–Crippen LogP) is 3.02.